The maximum absolute atomic E-state index is 12.6. The fourth-order valence-corrected chi connectivity index (χ4v) is 9.27. The van der Waals surface area contributed by atoms with E-state index in [0.29, 0.717) is 22.4 Å². The van der Waals surface area contributed by atoms with Crippen molar-refractivity contribution < 1.29 is 4.79 Å². The Labute approximate surface area is 164 Å². The predicted molar refractivity (Wildman–Crippen MR) is 116 cm³/mol. The summed E-state index contributed by atoms with van der Waals surface area (Å²) in [5.41, 5.74) is 6.25. The summed E-state index contributed by atoms with van der Waals surface area (Å²) >= 11 is 0. The molecule has 0 atom stereocenters. The molecule has 142 valence electrons. The third-order valence-electron chi connectivity index (χ3n) is 5.37. The van der Waals surface area contributed by atoms with Crippen LogP contribution in [0.5, 0.6) is 0 Å². The minimum Gasteiger partial charge on any atom is -0.297 e. The highest BCUT2D eigenvalue weighted by atomic mass is 28.3. The molecule has 4 heteroatoms. The Kier molecular flexibility index (Phi) is 6.98. The fraction of sp³-hybridized carbons (Fsp3) is 0.391. The van der Waals surface area contributed by atoms with E-state index in [4.69, 9.17) is 0 Å². The lowest BCUT2D eigenvalue weighted by molar-refractivity contribution is 0.103. The fourth-order valence-electron chi connectivity index (χ4n) is 4.07. The second kappa shape index (κ2) is 9.01. The van der Waals surface area contributed by atoms with Crippen LogP contribution in [0.3, 0.4) is 0 Å². The van der Waals surface area contributed by atoms with Crippen molar-refractivity contribution in [2.45, 2.75) is 58.2 Å². The van der Waals surface area contributed by atoms with E-state index in [1.807, 2.05) is 30.3 Å². The van der Waals surface area contributed by atoms with E-state index in [-0.39, 0.29) is 5.78 Å². The van der Waals surface area contributed by atoms with E-state index in [0.717, 1.165) is 5.69 Å². The largest absolute Gasteiger partial charge is 0.297 e. The first kappa shape index (κ1) is 20.9. The topological polar surface area (TPSA) is 34.9 Å². The van der Waals surface area contributed by atoms with Crippen molar-refractivity contribution >= 4 is 13.9 Å². The molecule has 0 radical (unpaired) electrons. The Morgan fingerprint density at radius 2 is 1.63 bits per heavy atom. The highest BCUT2D eigenvalue weighted by Gasteiger charge is 2.41. The highest BCUT2D eigenvalue weighted by Crippen LogP contribution is 2.40. The number of carbonyl (C=O) groups is 1. The zero-order valence-electron chi connectivity index (χ0n) is 17.2. The summed E-state index contributed by atoms with van der Waals surface area (Å²) in [6.07, 6.45) is 6.68. The number of hydrogen-bond donors (Lipinski definition) is 0. The maximum Gasteiger partial charge on any atom is 0.222 e. The van der Waals surface area contributed by atoms with Gasteiger partial charge in [-0.2, -0.15) is 0 Å². The Balaban J connectivity index is 2.25. The Morgan fingerprint density at radius 1 is 1.04 bits per heavy atom. The van der Waals surface area contributed by atoms with Crippen LogP contribution in [0.2, 0.25) is 16.6 Å². The van der Waals surface area contributed by atoms with E-state index in [1.165, 1.54) is 6.08 Å². The minimum atomic E-state index is -1.77. The van der Waals surface area contributed by atoms with Gasteiger partial charge in [-0.15, -0.1) is 5.54 Å². The van der Waals surface area contributed by atoms with Gasteiger partial charge in [-0.3, -0.25) is 9.36 Å². The average Bonchev–Trinajstić information content (AvgIpc) is 3.11. The van der Waals surface area contributed by atoms with Gasteiger partial charge in [0, 0.05) is 18.1 Å². The van der Waals surface area contributed by atoms with Gasteiger partial charge in [0.15, 0.2) is 5.82 Å². The SMILES string of the molecule is CC(C)[Si](C#C/C=C/C(=O)c1nccn1-c1ccccc1)(C(C)C)C(C)C. The van der Waals surface area contributed by atoms with Crippen molar-refractivity contribution in [1.82, 2.24) is 9.55 Å². The second-order valence-electron chi connectivity index (χ2n) is 7.82. The van der Waals surface area contributed by atoms with Gasteiger partial charge in [0.2, 0.25) is 5.78 Å². The molecule has 0 aliphatic carbocycles. The summed E-state index contributed by atoms with van der Waals surface area (Å²) in [5, 5.41) is 0. The number of para-hydroxylation sites is 1. The lowest BCUT2D eigenvalue weighted by Gasteiger charge is -2.37. The molecule has 0 spiro atoms. The van der Waals surface area contributed by atoms with E-state index in [1.54, 1.807) is 23.0 Å². The van der Waals surface area contributed by atoms with Crippen LogP contribution in [0.15, 0.2) is 54.9 Å². The molecule has 1 aromatic carbocycles. The summed E-state index contributed by atoms with van der Waals surface area (Å²) in [6, 6.07) is 9.75. The Morgan fingerprint density at radius 3 is 2.19 bits per heavy atom. The van der Waals surface area contributed by atoms with Gasteiger partial charge in [0.25, 0.3) is 0 Å². The summed E-state index contributed by atoms with van der Waals surface area (Å²) in [5.74, 6) is 3.46. The Hall–Kier alpha value is -2.38. The first-order valence-electron chi connectivity index (χ1n) is 9.63. The molecular formula is C23H30N2OSi. The number of carbonyl (C=O) groups excluding carboxylic acids is 1. The molecule has 0 aliphatic heterocycles. The molecule has 0 unspecified atom stereocenters. The molecule has 1 aromatic heterocycles. The molecule has 0 amide bonds. The van der Waals surface area contributed by atoms with Gasteiger partial charge in [0.05, 0.1) is 0 Å². The van der Waals surface area contributed by atoms with Crippen molar-refractivity contribution in [3.05, 3.63) is 60.7 Å². The van der Waals surface area contributed by atoms with Gasteiger partial charge >= 0.3 is 0 Å². The van der Waals surface area contributed by atoms with Crippen LogP contribution in [0, 0.1) is 11.5 Å². The summed E-state index contributed by atoms with van der Waals surface area (Å²) in [6.45, 7) is 13.7. The standard InChI is InChI=1S/C23H30N2OSi/c1-18(2)27(19(3)4,20(5)6)17-11-10-14-22(26)23-24-15-16-25(23)21-12-8-7-9-13-21/h7-10,12-16,18-20H,1-6H3/b14-10+. The average molecular weight is 379 g/mol. The van der Waals surface area contributed by atoms with Crippen molar-refractivity contribution in [3.63, 3.8) is 0 Å². The van der Waals surface area contributed by atoms with Crippen molar-refractivity contribution in [3.8, 4) is 17.2 Å². The van der Waals surface area contributed by atoms with Crippen LogP contribution in [0.1, 0.15) is 52.2 Å². The molecule has 3 nitrogen and oxygen atoms in total. The second-order valence-corrected chi connectivity index (χ2v) is 13.4. The number of nitrogens with zero attached hydrogens (tertiary/aromatic N) is 2. The number of aromatic nitrogens is 2. The maximum atomic E-state index is 12.6. The summed E-state index contributed by atoms with van der Waals surface area (Å²) in [4.78, 5) is 16.8. The van der Waals surface area contributed by atoms with Crippen LogP contribution in [-0.4, -0.2) is 23.4 Å². The number of rotatable bonds is 6. The van der Waals surface area contributed by atoms with Crippen molar-refractivity contribution in [2.24, 2.45) is 0 Å². The lowest BCUT2D eigenvalue weighted by Crippen LogP contribution is -2.43. The zero-order chi connectivity index (χ0) is 20.0. The van der Waals surface area contributed by atoms with Gasteiger partial charge in [-0.05, 0) is 40.9 Å². The lowest BCUT2D eigenvalue weighted by atomic mass is 10.3. The van der Waals surface area contributed by atoms with Gasteiger partial charge in [0.1, 0.15) is 8.07 Å². The van der Waals surface area contributed by atoms with Crippen LogP contribution in [-0.2, 0) is 0 Å². The number of hydrogen-bond acceptors (Lipinski definition) is 2. The molecule has 0 saturated heterocycles. The summed E-state index contributed by atoms with van der Waals surface area (Å²) in [7, 11) is -1.77. The first-order valence-corrected chi connectivity index (χ1v) is 11.9. The predicted octanol–water partition coefficient (Wildman–Crippen LogP) is 5.83. The first-order chi connectivity index (χ1) is 12.8. The number of imidazole rings is 1. The molecule has 1 heterocycles. The van der Waals surface area contributed by atoms with E-state index in [2.05, 4.69) is 58.0 Å². The van der Waals surface area contributed by atoms with Crippen molar-refractivity contribution in [2.75, 3.05) is 0 Å². The van der Waals surface area contributed by atoms with E-state index < -0.39 is 8.07 Å². The monoisotopic (exact) mass is 378 g/mol. The number of allylic oxidation sites excluding steroid dienone is 2. The molecule has 27 heavy (non-hydrogen) atoms. The third kappa shape index (κ3) is 4.48. The molecule has 0 saturated carbocycles. The van der Waals surface area contributed by atoms with E-state index in [9.17, 15) is 4.79 Å². The number of ketones is 1. The molecule has 0 N–H and O–H groups in total. The smallest absolute Gasteiger partial charge is 0.222 e. The van der Waals surface area contributed by atoms with Crippen molar-refractivity contribution in [1.29, 1.82) is 0 Å². The molecule has 0 bridgehead atoms. The van der Waals surface area contributed by atoms with Crippen LogP contribution < -0.4 is 0 Å². The molecular weight excluding hydrogens is 348 g/mol. The molecule has 0 aliphatic rings. The van der Waals surface area contributed by atoms with Crippen LogP contribution >= 0.6 is 0 Å². The molecule has 2 aromatic rings. The summed E-state index contributed by atoms with van der Waals surface area (Å²) < 4.78 is 1.80. The highest BCUT2D eigenvalue weighted by molar-refractivity contribution is 6.90. The third-order valence-corrected chi connectivity index (χ3v) is 11.7. The van der Waals surface area contributed by atoms with Gasteiger partial charge in [-0.1, -0.05) is 65.7 Å². The van der Waals surface area contributed by atoms with Gasteiger partial charge in [-0.25, -0.2) is 4.98 Å². The quantitative estimate of drug-likeness (QED) is 0.274. The number of benzene rings is 1. The Bertz CT molecular complexity index is 829. The minimum absolute atomic E-state index is 0.135. The van der Waals surface area contributed by atoms with Crippen LogP contribution in [0.25, 0.3) is 5.69 Å². The van der Waals surface area contributed by atoms with Crippen LogP contribution in [0.4, 0.5) is 0 Å². The molecule has 2 rings (SSSR count). The normalized spacial score (nSPS) is 12.0. The van der Waals surface area contributed by atoms with Gasteiger partial charge < -0.3 is 0 Å². The van der Waals surface area contributed by atoms with E-state index >= 15 is 0 Å². The molecule has 0 fully saturated rings. The zero-order valence-corrected chi connectivity index (χ0v) is 18.2.